The number of nitrogens with one attached hydrogen (secondary N) is 1. The SMILES string of the molecule is COc1cc(C(=O)NC[C@](O)(c2cc3c(c(-c4ccc(F)c(Cl)c4)n2)OC[C@]3(C)C(N)=O)C2(F)CC2)cc2cn(C3CC3)nc12. The predicted molar refractivity (Wildman–Crippen MR) is 161 cm³/mol. The number of hydrogen-bond donors (Lipinski definition) is 3. The minimum Gasteiger partial charge on any atom is -0.494 e. The van der Waals surface area contributed by atoms with Crippen molar-refractivity contribution in [2.45, 2.75) is 55.3 Å². The summed E-state index contributed by atoms with van der Waals surface area (Å²) < 4.78 is 43.5. The van der Waals surface area contributed by atoms with E-state index in [2.05, 4.69) is 15.4 Å². The number of pyridine rings is 1. The number of amides is 2. The van der Waals surface area contributed by atoms with Crippen molar-refractivity contribution >= 4 is 34.3 Å². The molecule has 0 bridgehead atoms. The number of ether oxygens (including phenoxy) is 2. The van der Waals surface area contributed by atoms with Gasteiger partial charge in [-0.3, -0.25) is 14.3 Å². The van der Waals surface area contributed by atoms with E-state index in [0.29, 0.717) is 28.3 Å². The molecule has 2 saturated carbocycles. The molecule has 2 aromatic heterocycles. The second-order valence-corrected chi connectivity index (χ2v) is 12.7. The van der Waals surface area contributed by atoms with Crippen molar-refractivity contribution < 1.29 is 33.0 Å². The van der Waals surface area contributed by atoms with Crippen LogP contribution >= 0.6 is 11.6 Å². The van der Waals surface area contributed by atoms with Gasteiger partial charge in [0, 0.05) is 28.3 Å². The highest BCUT2D eigenvalue weighted by Gasteiger charge is 2.62. The lowest BCUT2D eigenvalue weighted by molar-refractivity contribution is -0.123. The number of aliphatic hydroxyl groups is 1. The largest absolute Gasteiger partial charge is 0.494 e. The molecule has 0 spiro atoms. The first-order valence-electron chi connectivity index (χ1n) is 14.6. The second kappa shape index (κ2) is 10.1. The Balaban J connectivity index is 1.28. The molecule has 4 aromatic rings. The Hall–Kier alpha value is -4.29. The molecule has 234 valence electrons. The van der Waals surface area contributed by atoms with Gasteiger partial charge in [-0.15, -0.1) is 0 Å². The van der Waals surface area contributed by atoms with Gasteiger partial charge in [0.05, 0.1) is 30.4 Å². The van der Waals surface area contributed by atoms with Crippen LogP contribution in [0.25, 0.3) is 22.2 Å². The van der Waals surface area contributed by atoms with Crippen molar-refractivity contribution in [1.82, 2.24) is 20.1 Å². The highest BCUT2D eigenvalue weighted by Crippen LogP contribution is 2.55. The minimum atomic E-state index is -2.32. The summed E-state index contributed by atoms with van der Waals surface area (Å²) in [4.78, 5) is 30.7. The van der Waals surface area contributed by atoms with Gasteiger partial charge >= 0.3 is 0 Å². The quantitative estimate of drug-likeness (QED) is 0.246. The first-order chi connectivity index (χ1) is 21.4. The van der Waals surface area contributed by atoms with Gasteiger partial charge in [-0.05, 0) is 69.0 Å². The molecule has 7 rings (SSSR count). The molecule has 3 heterocycles. The molecule has 0 unspecified atom stereocenters. The average molecular weight is 638 g/mol. The van der Waals surface area contributed by atoms with Gasteiger partial charge in [0.25, 0.3) is 5.91 Å². The van der Waals surface area contributed by atoms with E-state index in [1.165, 1.54) is 25.3 Å². The zero-order chi connectivity index (χ0) is 31.9. The number of aromatic nitrogens is 3. The molecular weight excluding hydrogens is 608 g/mol. The molecular formula is C32H30ClF2N5O5. The number of alkyl halides is 1. The molecule has 0 saturated heterocycles. The van der Waals surface area contributed by atoms with E-state index >= 15 is 4.39 Å². The topological polar surface area (TPSA) is 142 Å². The maximum Gasteiger partial charge on any atom is 0.251 e. The van der Waals surface area contributed by atoms with Crippen LogP contribution in [0.15, 0.2) is 42.6 Å². The van der Waals surface area contributed by atoms with Gasteiger partial charge < -0.3 is 25.6 Å². The molecule has 0 radical (unpaired) electrons. The van der Waals surface area contributed by atoms with E-state index < -0.39 is 40.9 Å². The van der Waals surface area contributed by atoms with E-state index in [9.17, 15) is 19.1 Å². The third-order valence-corrected chi connectivity index (χ3v) is 9.45. The number of carbonyl (C=O) groups excluding carboxylic acids is 2. The van der Waals surface area contributed by atoms with Crippen molar-refractivity contribution in [1.29, 1.82) is 0 Å². The van der Waals surface area contributed by atoms with Crippen LogP contribution in [0, 0.1) is 5.82 Å². The number of carbonyl (C=O) groups is 2. The summed E-state index contributed by atoms with van der Waals surface area (Å²) in [6.07, 6.45) is 3.95. The van der Waals surface area contributed by atoms with Crippen LogP contribution < -0.4 is 20.5 Å². The number of halogens is 3. The summed E-state index contributed by atoms with van der Waals surface area (Å²) in [5.74, 6) is -1.34. The summed E-state index contributed by atoms with van der Waals surface area (Å²) in [7, 11) is 1.49. The Morgan fingerprint density at radius 3 is 2.67 bits per heavy atom. The molecule has 2 atom stereocenters. The van der Waals surface area contributed by atoms with Crippen LogP contribution in [0.5, 0.6) is 11.5 Å². The molecule has 3 aliphatic rings. The van der Waals surface area contributed by atoms with E-state index in [0.717, 1.165) is 18.9 Å². The lowest BCUT2D eigenvalue weighted by Gasteiger charge is -2.33. The number of hydrogen-bond acceptors (Lipinski definition) is 7. The van der Waals surface area contributed by atoms with E-state index in [-0.39, 0.29) is 52.7 Å². The van der Waals surface area contributed by atoms with E-state index in [1.54, 1.807) is 19.1 Å². The third kappa shape index (κ3) is 4.69. The van der Waals surface area contributed by atoms with Crippen LogP contribution in [0.2, 0.25) is 5.02 Å². The molecule has 4 N–H and O–H groups in total. The zero-order valence-corrected chi connectivity index (χ0v) is 25.3. The highest BCUT2D eigenvalue weighted by atomic mass is 35.5. The fourth-order valence-corrected chi connectivity index (χ4v) is 6.07. The number of rotatable bonds is 9. The molecule has 2 aliphatic carbocycles. The molecule has 10 nitrogen and oxygen atoms in total. The van der Waals surface area contributed by atoms with Crippen LogP contribution in [-0.4, -0.2) is 57.6 Å². The molecule has 13 heteroatoms. The summed E-state index contributed by atoms with van der Waals surface area (Å²) in [6, 6.07) is 8.81. The average Bonchev–Trinajstić information content (AvgIpc) is 3.94. The van der Waals surface area contributed by atoms with Crippen LogP contribution in [-0.2, 0) is 15.8 Å². The summed E-state index contributed by atoms with van der Waals surface area (Å²) in [5, 5.41) is 19.9. The number of primary amides is 1. The van der Waals surface area contributed by atoms with Crippen molar-refractivity contribution in [2.75, 3.05) is 20.3 Å². The Morgan fingerprint density at radius 2 is 2.02 bits per heavy atom. The molecule has 2 fully saturated rings. The van der Waals surface area contributed by atoms with Crippen molar-refractivity contribution in [3.05, 3.63) is 70.3 Å². The fraction of sp³-hybridized carbons (Fsp3) is 0.375. The van der Waals surface area contributed by atoms with Gasteiger partial charge in [0.15, 0.2) is 5.60 Å². The fourth-order valence-electron chi connectivity index (χ4n) is 5.88. The summed E-state index contributed by atoms with van der Waals surface area (Å²) in [6.45, 7) is 0.903. The summed E-state index contributed by atoms with van der Waals surface area (Å²) in [5.41, 5.74) is 1.41. The van der Waals surface area contributed by atoms with Crippen molar-refractivity contribution in [3.8, 4) is 22.8 Å². The van der Waals surface area contributed by atoms with Crippen LogP contribution in [0.3, 0.4) is 0 Å². The first-order valence-corrected chi connectivity index (χ1v) is 15.0. The van der Waals surface area contributed by atoms with Crippen molar-refractivity contribution in [2.24, 2.45) is 5.73 Å². The zero-order valence-electron chi connectivity index (χ0n) is 24.5. The maximum atomic E-state index is 16.2. The van der Waals surface area contributed by atoms with Gasteiger partial charge in [-0.25, -0.2) is 13.8 Å². The van der Waals surface area contributed by atoms with Gasteiger partial charge in [-0.2, -0.15) is 5.10 Å². The van der Waals surface area contributed by atoms with Gasteiger partial charge in [0.1, 0.15) is 46.2 Å². The maximum absolute atomic E-state index is 16.2. The molecule has 45 heavy (non-hydrogen) atoms. The Labute approximate surface area is 261 Å². The Kier molecular flexibility index (Phi) is 6.61. The van der Waals surface area contributed by atoms with Gasteiger partial charge in [0.2, 0.25) is 5.91 Å². The number of nitrogens with two attached hydrogens (primary N) is 1. The smallest absolute Gasteiger partial charge is 0.251 e. The Morgan fingerprint density at radius 1 is 1.27 bits per heavy atom. The van der Waals surface area contributed by atoms with Crippen LogP contribution in [0.1, 0.15) is 60.3 Å². The number of benzene rings is 2. The van der Waals surface area contributed by atoms with E-state index in [4.69, 9.17) is 26.8 Å². The second-order valence-electron chi connectivity index (χ2n) is 12.3. The molecule has 2 aromatic carbocycles. The molecule has 2 amide bonds. The first kappa shape index (κ1) is 29.4. The minimum absolute atomic E-state index is 0.0135. The standard InChI is InChI=1S/C32H30ClF2N5O5/c1-30(29(36)42)15-45-27-20(30)12-24(38-26(27)16-3-6-22(34)21(33)10-16)32(43,31(35)7-8-31)14-37-28(41)17-9-18-13-40(19-4-5-19)39-25(18)23(11-17)44-2/h3,6,9-13,19,43H,4-5,7-8,14-15H2,1-2H3,(H2,36,42)(H,37,41)/t30-,32-/m0/s1. The normalized spacial score (nSPS) is 21.1. The predicted octanol–water partition coefficient (Wildman–Crippen LogP) is 4.49. The Bertz CT molecular complexity index is 1910. The summed E-state index contributed by atoms with van der Waals surface area (Å²) >= 11 is 6.07. The lowest BCUT2D eigenvalue weighted by atomic mass is 9.80. The number of fused-ring (bicyclic) bond motifs is 2. The molecule has 1 aliphatic heterocycles. The monoisotopic (exact) mass is 637 g/mol. The number of nitrogens with zero attached hydrogens (tertiary/aromatic N) is 3. The van der Waals surface area contributed by atoms with Crippen LogP contribution in [0.4, 0.5) is 8.78 Å². The van der Waals surface area contributed by atoms with E-state index in [1.807, 2.05) is 10.9 Å². The van der Waals surface area contributed by atoms with Crippen molar-refractivity contribution in [3.63, 3.8) is 0 Å². The highest BCUT2D eigenvalue weighted by molar-refractivity contribution is 6.31. The third-order valence-electron chi connectivity index (χ3n) is 9.16. The lowest BCUT2D eigenvalue weighted by Crippen LogP contribution is -2.49. The van der Waals surface area contributed by atoms with Gasteiger partial charge in [-0.1, -0.05) is 11.6 Å². The number of methoxy groups -OCH3 is 1.